The molecule has 4 nitrogen and oxygen atoms in total. The van der Waals surface area contributed by atoms with Crippen LogP contribution in [0.25, 0.3) is 0 Å². The second-order valence-electron chi connectivity index (χ2n) is 4.30. The number of aliphatic hydroxyl groups is 1. The molecule has 0 aromatic heterocycles. The number of carbonyl (C=O) groups excluding carboxylic acids is 1. The molecule has 0 saturated carbocycles. The first-order valence-electron chi connectivity index (χ1n) is 5.94. The molecule has 0 radical (unpaired) electrons. The minimum absolute atomic E-state index is 0.218. The molecule has 0 aliphatic carbocycles. The van der Waals surface area contributed by atoms with Gasteiger partial charge in [-0.2, -0.15) is 0 Å². The van der Waals surface area contributed by atoms with Crippen molar-refractivity contribution in [3.63, 3.8) is 0 Å². The van der Waals surface area contributed by atoms with Crippen LogP contribution >= 0.6 is 15.9 Å². The zero-order valence-corrected chi connectivity index (χ0v) is 12.3. The molecule has 100 valence electrons. The highest BCUT2D eigenvalue weighted by atomic mass is 79.9. The molecule has 2 amide bonds. The second-order valence-corrected chi connectivity index (χ2v) is 5.09. The van der Waals surface area contributed by atoms with Crippen molar-refractivity contribution in [2.45, 2.75) is 32.9 Å². The number of hydrogen-bond acceptors (Lipinski definition) is 2. The number of aliphatic hydroxyl groups excluding tert-OH is 1. The number of nitrogens with one attached hydrogen (secondary N) is 2. The molecule has 0 saturated heterocycles. The normalized spacial score (nSPS) is 12.0. The molecule has 0 bridgehead atoms. The Kier molecular flexibility index (Phi) is 6.15. The molecular formula is C13H19BrN2O2. The number of amides is 2. The highest BCUT2D eigenvalue weighted by molar-refractivity contribution is 9.10. The number of hydrogen-bond donors (Lipinski definition) is 3. The third-order valence-corrected chi connectivity index (χ3v) is 3.69. The van der Waals surface area contributed by atoms with Gasteiger partial charge in [-0.05, 0) is 31.4 Å². The number of benzene rings is 1. The summed E-state index contributed by atoms with van der Waals surface area (Å²) in [6.07, 6.45) is 0.165. The maximum atomic E-state index is 11.5. The summed E-state index contributed by atoms with van der Waals surface area (Å²) < 4.78 is 1.02. The zero-order valence-electron chi connectivity index (χ0n) is 10.7. The second kappa shape index (κ2) is 7.38. The van der Waals surface area contributed by atoms with Gasteiger partial charge >= 0.3 is 6.03 Å². The first-order chi connectivity index (χ1) is 8.50. The number of aryl methyl sites for hydroxylation is 1. The lowest BCUT2D eigenvalue weighted by Gasteiger charge is -2.10. The summed E-state index contributed by atoms with van der Waals surface area (Å²) in [5, 5.41) is 14.5. The van der Waals surface area contributed by atoms with Crippen LogP contribution in [0.4, 0.5) is 4.79 Å². The minimum Gasteiger partial charge on any atom is -0.393 e. The summed E-state index contributed by atoms with van der Waals surface area (Å²) in [5.74, 6) is 0. The van der Waals surface area contributed by atoms with Gasteiger partial charge in [0.05, 0.1) is 6.10 Å². The molecule has 0 fully saturated rings. The molecule has 18 heavy (non-hydrogen) atoms. The lowest BCUT2D eigenvalue weighted by molar-refractivity contribution is 0.183. The van der Waals surface area contributed by atoms with Gasteiger partial charge in [0.2, 0.25) is 0 Å². The van der Waals surface area contributed by atoms with Crippen molar-refractivity contribution in [3.05, 3.63) is 33.8 Å². The van der Waals surface area contributed by atoms with E-state index in [-0.39, 0.29) is 6.03 Å². The van der Waals surface area contributed by atoms with Crippen LogP contribution in [0.3, 0.4) is 0 Å². The molecule has 5 heteroatoms. The largest absolute Gasteiger partial charge is 0.393 e. The Bertz CT molecular complexity index is 408. The molecule has 0 unspecified atom stereocenters. The minimum atomic E-state index is -0.392. The molecule has 0 heterocycles. The van der Waals surface area contributed by atoms with E-state index < -0.39 is 6.10 Å². The first-order valence-corrected chi connectivity index (χ1v) is 6.73. The molecule has 0 aliphatic rings. The van der Waals surface area contributed by atoms with Crippen molar-refractivity contribution in [3.8, 4) is 0 Å². The Balaban J connectivity index is 2.36. The predicted octanol–water partition coefficient (Wildman–Crippen LogP) is 2.33. The van der Waals surface area contributed by atoms with Crippen molar-refractivity contribution < 1.29 is 9.90 Å². The SMILES string of the molecule is Cc1cccc(CNC(=O)NCC[C@H](C)O)c1Br. The van der Waals surface area contributed by atoms with Crippen LogP contribution in [0.1, 0.15) is 24.5 Å². The molecule has 1 aromatic rings. The number of carbonyl (C=O) groups is 1. The third kappa shape index (κ3) is 5.06. The van der Waals surface area contributed by atoms with Crippen LogP contribution in [0, 0.1) is 6.92 Å². The van der Waals surface area contributed by atoms with Crippen molar-refractivity contribution >= 4 is 22.0 Å². The van der Waals surface area contributed by atoms with E-state index in [0.717, 1.165) is 15.6 Å². The van der Waals surface area contributed by atoms with Gasteiger partial charge in [0.25, 0.3) is 0 Å². The van der Waals surface area contributed by atoms with Crippen LogP contribution in [-0.2, 0) is 6.54 Å². The smallest absolute Gasteiger partial charge is 0.315 e. The van der Waals surface area contributed by atoms with E-state index in [4.69, 9.17) is 5.11 Å². The number of urea groups is 1. The summed E-state index contributed by atoms with van der Waals surface area (Å²) in [4.78, 5) is 11.5. The average molecular weight is 315 g/mol. The Labute approximate surface area is 116 Å². The fourth-order valence-corrected chi connectivity index (χ4v) is 1.88. The molecule has 0 aliphatic heterocycles. The average Bonchev–Trinajstić information content (AvgIpc) is 2.30. The van der Waals surface area contributed by atoms with E-state index in [1.165, 1.54) is 0 Å². The summed E-state index contributed by atoms with van der Waals surface area (Å²) >= 11 is 3.50. The third-order valence-electron chi connectivity index (χ3n) is 2.56. The molecule has 1 atom stereocenters. The summed E-state index contributed by atoms with van der Waals surface area (Å²) in [6, 6.07) is 5.72. The van der Waals surface area contributed by atoms with Gasteiger partial charge in [-0.25, -0.2) is 4.79 Å². The van der Waals surface area contributed by atoms with E-state index in [2.05, 4.69) is 26.6 Å². The standard InChI is InChI=1S/C13H19BrN2O2/c1-9-4-3-5-11(12(9)14)8-16-13(18)15-7-6-10(2)17/h3-5,10,17H,6-8H2,1-2H3,(H2,15,16,18)/t10-/m0/s1. The molecule has 1 rings (SSSR count). The van der Waals surface area contributed by atoms with E-state index >= 15 is 0 Å². The van der Waals surface area contributed by atoms with Crippen molar-refractivity contribution in [1.29, 1.82) is 0 Å². The molecule has 3 N–H and O–H groups in total. The lowest BCUT2D eigenvalue weighted by atomic mass is 10.1. The van der Waals surface area contributed by atoms with E-state index in [9.17, 15) is 4.79 Å². The summed E-state index contributed by atoms with van der Waals surface area (Å²) in [7, 11) is 0. The van der Waals surface area contributed by atoms with Gasteiger partial charge in [-0.3, -0.25) is 0 Å². The van der Waals surface area contributed by atoms with Crippen LogP contribution in [0.5, 0.6) is 0 Å². The van der Waals surface area contributed by atoms with Gasteiger partial charge < -0.3 is 15.7 Å². The maximum Gasteiger partial charge on any atom is 0.315 e. The Morgan fingerprint density at radius 3 is 2.83 bits per heavy atom. The predicted molar refractivity (Wildman–Crippen MR) is 75.4 cm³/mol. The van der Waals surface area contributed by atoms with Gasteiger partial charge in [0, 0.05) is 17.6 Å². The lowest BCUT2D eigenvalue weighted by Crippen LogP contribution is -2.36. The fourth-order valence-electron chi connectivity index (χ4n) is 1.48. The highest BCUT2D eigenvalue weighted by Gasteiger charge is 2.05. The van der Waals surface area contributed by atoms with E-state index in [1.54, 1.807) is 6.92 Å². The Morgan fingerprint density at radius 1 is 1.44 bits per heavy atom. The zero-order chi connectivity index (χ0) is 13.5. The van der Waals surface area contributed by atoms with Crippen LogP contribution < -0.4 is 10.6 Å². The van der Waals surface area contributed by atoms with Gasteiger partial charge in [0.15, 0.2) is 0 Å². The highest BCUT2D eigenvalue weighted by Crippen LogP contribution is 2.20. The maximum absolute atomic E-state index is 11.5. The molecular weight excluding hydrogens is 296 g/mol. The van der Waals surface area contributed by atoms with E-state index in [1.807, 2.05) is 25.1 Å². The summed E-state index contributed by atoms with van der Waals surface area (Å²) in [6.45, 7) is 4.65. The van der Waals surface area contributed by atoms with Gasteiger partial charge in [0.1, 0.15) is 0 Å². The monoisotopic (exact) mass is 314 g/mol. The van der Waals surface area contributed by atoms with Crippen LogP contribution in [0.2, 0.25) is 0 Å². The van der Waals surface area contributed by atoms with E-state index in [0.29, 0.717) is 19.5 Å². The topological polar surface area (TPSA) is 61.4 Å². The van der Waals surface area contributed by atoms with Crippen LogP contribution in [0.15, 0.2) is 22.7 Å². The number of halogens is 1. The van der Waals surface area contributed by atoms with Gasteiger partial charge in [-0.1, -0.05) is 34.1 Å². The van der Waals surface area contributed by atoms with Crippen molar-refractivity contribution in [2.24, 2.45) is 0 Å². The van der Waals surface area contributed by atoms with Crippen molar-refractivity contribution in [2.75, 3.05) is 6.54 Å². The van der Waals surface area contributed by atoms with Gasteiger partial charge in [-0.15, -0.1) is 0 Å². The Morgan fingerprint density at radius 2 is 2.17 bits per heavy atom. The fraction of sp³-hybridized carbons (Fsp3) is 0.462. The van der Waals surface area contributed by atoms with Crippen molar-refractivity contribution in [1.82, 2.24) is 10.6 Å². The van der Waals surface area contributed by atoms with Crippen LogP contribution in [-0.4, -0.2) is 23.8 Å². The molecule has 0 spiro atoms. The first kappa shape index (κ1) is 15.0. The summed E-state index contributed by atoms with van der Waals surface area (Å²) in [5.41, 5.74) is 2.18. The quantitative estimate of drug-likeness (QED) is 0.781. The Hall–Kier alpha value is -1.07. The number of rotatable bonds is 5. The molecule has 1 aromatic carbocycles.